The Morgan fingerprint density at radius 1 is 1.54 bits per heavy atom. The van der Waals surface area contributed by atoms with Crippen LogP contribution in [-0.2, 0) is 9.53 Å². The predicted octanol–water partition coefficient (Wildman–Crippen LogP) is 2.27. The van der Waals surface area contributed by atoms with Crippen LogP contribution in [0.15, 0.2) is 0 Å². The quantitative estimate of drug-likeness (QED) is 0.485. The van der Waals surface area contributed by atoms with E-state index in [0.717, 1.165) is 6.42 Å². The van der Waals surface area contributed by atoms with Gasteiger partial charge in [0.2, 0.25) is 0 Å². The van der Waals surface area contributed by atoms with Gasteiger partial charge in [-0.05, 0) is 26.7 Å². The zero-order valence-electron chi connectivity index (χ0n) is 8.59. The molecular formula is C10H17NO2. The molecular weight excluding hydrogens is 166 g/mol. The first-order chi connectivity index (χ1) is 6.04. The molecule has 0 N–H and O–H groups in total. The largest absolute Gasteiger partial charge is 0.465 e. The number of hydrogen-bond donors (Lipinski definition) is 0. The number of nitrogens with zero attached hydrogens (tertiary/aromatic N) is 1. The highest BCUT2D eigenvalue weighted by Crippen LogP contribution is 2.21. The molecule has 3 heteroatoms. The Morgan fingerprint density at radius 3 is 2.62 bits per heavy atom. The molecule has 0 aromatic rings. The van der Waals surface area contributed by atoms with Gasteiger partial charge >= 0.3 is 5.97 Å². The molecule has 0 bridgehead atoms. The first-order valence-corrected chi connectivity index (χ1v) is 4.58. The number of carbonyl (C=O) groups excluding carboxylic acids is 1. The first kappa shape index (κ1) is 12.0. The van der Waals surface area contributed by atoms with Crippen molar-refractivity contribution >= 4 is 5.97 Å². The molecule has 74 valence electrons. The van der Waals surface area contributed by atoms with Gasteiger partial charge in [0.05, 0.1) is 18.1 Å². The molecule has 0 saturated heterocycles. The predicted molar refractivity (Wildman–Crippen MR) is 49.9 cm³/mol. The molecule has 0 aliphatic heterocycles. The third-order valence-corrected chi connectivity index (χ3v) is 2.10. The van der Waals surface area contributed by atoms with E-state index in [4.69, 9.17) is 10.00 Å². The molecule has 0 amide bonds. The highest BCUT2D eigenvalue weighted by atomic mass is 16.5. The fourth-order valence-corrected chi connectivity index (χ4v) is 0.656. The van der Waals surface area contributed by atoms with Crippen molar-refractivity contribution in [2.75, 3.05) is 6.61 Å². The summed E-state index contributed by atoms with van der Waals surface area (Å²) < 4.78 is 5.01. The Hall–Kier alpha value is -1.04. The van der Waals surface area contributed by atoms with E-state index in [1.807, 2.05) is 26.8 Å². The van der Waals surface area contributed by atoms with Crippen molar-refractivity contribution in [2.45, 2.75) is 40.0 Å². The topological polar surface area (TPSA) is 50.1 Å². The second-order valence-electron chi connectivity index (χ2n) is 3.64. The Labute approximate surface area is 79.7 Å². The van der Waals surface area contributed by atoms with Crippen LogP contribution in [0.5, 0.6) is 0 Å². The Bertz CT molecular complexity index is 203. The second-order valence-corrected chi connectivity index (χ2v) is 3.64. The van der Waals surface area contributed by atoms with Gasteiger partial charge in [0.1, 0.15) is 0 Å². The van der Waals surface area contributed by atoms with Crippen molar-refractivity contribution < 1.29 is 9.53 Å². The summed E-state index contributed by atoms with van der Waals surface area (Å²) >= 11 is 0. The lowest BCUT2D eigenvalue weighted by Gasteiger charge is -2.19. The summed E-state index contributed by atoms with van der Waals surface area (Å²) in [5.74, 6) is -0.173. The monoisotopic (exact) mass is 183 g/mol. The van der Waals surface area contributed by atoms with Gasteiger partial charge in [0, 0.05) is 6.42 Å². The Morgan fingerprint density at radius 2 is 2.15 bits per heavy atom. The molecule has 0 radical (unpaired) electrons. The molecule has 0 spiro atoms. The minimum Gasteiger partial charge on any atom is -0.465 e. The zero-order valence-corrected chi connectivity index (χ0v) is 8.59. The van der Waals surface area contributed by atoms with Crippen LogP contribution in [0.1, 0.15) is 40.0 Å². The van der Waals surface area contributed by atoms with E-state index >= 15 is 0 Å². The molecule has 0 saturated carbocycles. The second kappa shape index (κ2) is 5.58. The summed E-state index contributed by atoms with van der Waals surface area (Å²) in [7, 11) is 0. The number of rotatable bonds is 5. The van der Waals surface area contributed by atoms with Gasteiger partial charge in [0.15, 0.2) is 0 Å². The lowest BCUT2D eigenvalue weighted by molar-refractivity contribution is -0.154. The van der Waals surface area contributed by atoms with Crippen LogP contribution >= 0.6 is 0 Å². The standard InChI is InChI=1S/C10H17NO2/c1-4-10(2,3)9(12)13-8-6-5-7-11/h4-6,8H2,1-3H3. The average Bonchev–Trinajstić information content (AvgIpc) is 2.12. The third-order valence-electron chi connectivity index (χ3n) is 2.10. The van der Waals surface area contributed by atoms with Gasteiger partial charge in [-0.1, -0.05) is 6.92 Å². The van der Waals surface area contributed by atoms with E-state index in [1.165, 1.54) is 0 Å². The van der Waals surface area contributed by atoms with Crippen LogP contribution in [0.25, 0.3) is 0 Å². The third kappa shape index (κ3) is 4.51. The van der Waals surface area contributed by atoms with Crippen molar-refractivity contribution in [3.63, 3.8) is 0 Å². The lowest BCUT2D eigenvalue weighted by Crippen LogP contribution is -2.26. The summed E-state index contributed by atoms with van der Waals surface area (Å²) in [4.78, 5) is 11.4. The van der Waals surface area contributed by atoms with Crippen molar-refractivity contribution in [1.29, 1.82) is 5.26 Å². The Kier molecular flexibility index (Phi) is 5.13. The van der Waals surface area contributed by atoms with Gasteiger partial charge in [-0.2, -0.15) is 5.26 Å². The van der Waals surface area contributed by atoms with Gasteiger partial charge in [-0.25, -0.2) is 0 Å². The maximum Gasteiger partial charge on any atom is 0.311 e. The van der Waals surface area contributed by atoms with Crippen LogP contribution < -0.4 is 0 Å². The summed E-state index contributed by atoms with van der Waals surface area (Å²) in [6, 6.07) is 2.00. The number of unbranched alkanes of at least 4 members (excludes halogenated alkanes) is 1. The van der Waals surface area contributed by atoms with Crippen molar-refractivity contribution in [1.82, 2.24) is 0 Å². The van der Waals surface area contributed by atoms with E-state index < -0.39 is 5.41 Å². The van der Waals surface area contributed by atoms with Gasteiger partial charge < -0.3 is 4.74 Å². The van der Waals surface area contributed by atoms with Crippen LogP contribution in [0.2, 0.25) is 0 Å². The molecule has 0 aromatic carbocycles. The Balaban J connectivity index is 3.70. The van der Waals surface area contributed by atoms with E-state index in [1.54, 1.807) is 0 Å². The molecule has 0 fully saturated rings. The smallest absolute Gasteiger partial charge is 0.311 e. The molecule has 0 rings (SSSR count). The van der Waals surface area contributed by atoms with Crippen molar-refractivity contribution in [3.8, 4) is 6.07 Å². The fraction of sp³-hybridized carbons (Fsp3) is 0.800. The van der Waals surface area contributed by atoms with E-state index in [9.17, 15) is 4.79 Å². The highest BCUT2D eigenvalue weighted by Gasteiger charge is 2.26. The van der Waals surface area contributed by atoms with E-state index in [0.29, 0.717) is 19.4 Å². The van der Waals surface area contributed by atoms with Crippen LogP contribution in [-0.4, -0.2) is 12.6 Å². The zero-order chi connectivity index (χ0) is 10.3. The SMILES string of the molecule is CCC(C)(C)C(=O)OCCCC#N. The minimum absolute atomic E-state index is 0.173. The molecule has 0 aliphatic carbocycles. The first-order valence-electron chi connectivity index (χ1n) is 4.58. The fourth-order valence-electron chi connectivity index (χ4n) is 0.656. The molecule has 3 nitrogen and oxygen atoms in total. The number of esters is 1. The lowest BCUT2D eigenvalue weighted by atomic mass is 9.91. The minimum atomic E-state index is -0.396. The van der Waals surface area contributed by atoms with E-state index in [-0.39, 0.29) is 5.97 Å². The molecule has 0 unspecified atom stereocenters. The molecule has 13 heavy (non-hydrogen) atoms. The summed E-state index contributed by atoms with van der Waals surface area (Å²) in [5, 5.41) is 8.25. The van der Waals surface area contributed by atoms with E-state index in [2.05, 4.69) is 0 Å². The molecule has 0 aromatic heterocycles. The van der Waals surface area contributed by atoms with Crippen molar-refractivity contribution in [2.24, 2.45) is 5.41 Å². The number of hydrogen-bond acceptors (Lipinski definition) is 3. The maximum atomic E-state index is 11.4. The van der Waals surface area contributed by atoms with Crippen LogP contribution in [0.4, 0.5) is 0 Å². The average molecular weight is 183 g/mol. The van der Waals surface area contributed by atoms with Gasteiger partial charge in [-0.3, -0.25) is 4.79 Å². The molecule has 0 aliphatic rings. The van der Waals surface area contributed by atoms with Crippen LogP contribution in [0, 0.1) is 16.7 Å². The maximum absolute atomic E-state index is 11.4. The molecule has 0 atom stereocenters. The molecule has 0 heterocycles. The van der Waals surface area contributed by atoms with Crippen molar-refractivity contribution in [3.05, 3.63) is 0 Å². The normalized spacial score (nSPS) is 10.6. The summed E-state index contributed by atoms with van der Waals surface area (Å²) in [5.41, 5.74) is -0.396. The number of carbonyl (C=O) groups is 1. The number of ether oxygens (including phenoxy) is 1. The van der Waals surface area contributed by atoms with Gasteiger partial charge in [-0.15, -0.1) is 0 Å². The summed E-state index contributed by atoms with van der Waals surface area (Å²) in [6.07, 6.45) is 1.84. The number of nitriles is 1. The summed E-state index contributed by atoms with van der Waals surface area (Å²) in [6.45, 7) is 6.03. The van der Waals surface area contributed by atoms with Crippen LogP contribution in [0.3, 0.4) is 0 Å². The highest BCUT2D eigenvalue weighted by molar-refractivity contribution is 5.75. The van der Waals surface area contributed by atoms with Gasteiger partial charge in [0.25, 0.3) is 0 Å².